The molecular weight excluding hydrogens is 196 g/mol. The molecule has 0 aliphatic rings. The van der Waals surface area contributed by atoms with Crippen LogP contribution < -0.4 is 11.3 Å². The van der Waals surface area contributed by atoms with Gasteiger partial charge in [-0.2, -0.15) is 0 Å². The van der Waals surface area contributed by atoms with Crippen molar-refractivity contribution in [2.45, 2.75) is 6.92 Å². The number of anilines is 1. The lowest BCUT2D eigenvalue weighted by molar-refractivity contribution is 1.13. The van der Waals surface area contributed by atoms with Gasteiger partial charge in [0.05, 0.1) is 10.2 Å². The Bertz CT molecular complexity index is 305. The van der Waals surface area contributed by atoms with E-state index in [9.17, 15) is 4.79 Å². The van der Waals surface area contributed by atoms with Gasteiger partial charge >= 0.3 is 0 Å². The molecule has 54 valence electrons. The number of aromatic nitrogens is 1. The highest BCUT2D eigenvalue weighted by molar-refractivity contribution is 9.10. The van der Waals surface area contributed by atoms with Crippen LogP contribution in [-0.2, 0) is 0 Å². The van der Waals surface area contributed by atoms with E-state index in [0.29, 0.717) is 15.9 Å². The maximum absolute atomic E-state index is 10.8. The summed E-state index contributed by atoms with van der Waals surface area (Å²) in [7, 11) is 0. The Balaban J connectivity index is 3.43. The molecule has 0 aliphatic carbocycles. The Labute approximate surface area is 66.4 Å². The van der Waals surface area contributed by atoms with Crippen LogP contribution in [0.5, 0.6) is 0 Å². The summed E-state index contributed by atoms with van der Waals surface area (Å²) in [6.07, 6.45) is 0. The summed E-state index contributed by atoms with van der Waals surface area (Å²) < 4.78 is 0.468. The van der Waals surface area contributed by atoms with E-state index in [1.165, 1.54) is 0 Å². The fraction of sp³-hybridized carbons (Fsp3) is 0.167. The molecule has 0 saturated carbocycles. The molecule has 0 saturated heterocycles. The van der Waals surface area contributed by atoms with Gasteiger partial charge in [-0.05, 0) is 28.9 Å². The Morgan fingerprint density at radius 1 is 1.70 bits per heavy atom. The predicted molar refractivity (Wildman–Crippen MR) is 43.9 cm³/mol. The molecule has 1 aromatic heterocycles. The van der Waals surface area contributed by atoms with E-state index < -0.39 is 0 Å². The highest BCUT2D eigenvalue weighted by atomic mass is 79.9. The van der Waals surface area contributed by atoms with E-state index in [0.717, 1.165) is 0 Å². The summed E-state index contributed by atoms with van der Waals surface area (Å²) in [5.74, 6) is 0. The van der Waals surface area contributed by atoms with Gasteiger partial charge in [0.2, 0.25) is 0 Å². The van der Waals surface area contributed by atoms with E-state index in [4.69, 9.17) is 5.73 Å². The molecule has 0 atom stereocenters. The number of nitrogens with two attached hydrogens (primary N) is 1. The Morgan fingerprint density at radius 3 is 2.80 bits per heavy atom. The second-order valence-electron chi connectivity index (χ2n) is 2.03. The number of aromatic amines is 1. The van der Waals surface area contributed by atoms with Gasteiger partial charge in [0.1, 0.15) is 0 Å². The normalized spacial score (nSPS) is 9.80. The third-order valence-corrected chi connectivity index (χ3v) is 1.82. The summed E-state index contributed by atoms with van der Waals surface area (Å²) in [6, 6.07) is 1.59. The highest BCUT2D eigenvalue weighted by Gasteiger charge is 1.97. The molecule has 0 aliphatic heterocycles. The minimum Gasteiger partial charge on any atom is -0.397 e. The van der Waals surface area contributed by atoms with Gasteiger partial charge in [-0.3, -0.25) is 4.79 Å². The van der Waals surface area contributed by atoms with Crippen LogP contribution in [0.15, 0.2) is 15.3 Å². The lowest BCUT2D eigenvalue weighted by Crippen LogP contribution is -2.09. The number of nitrogen functional groups attached to an aromatic ring is 1. The first kappa shape index (κ1) is 7.34. The molecule has 3 nitrogen and oxygen atoms in total. The average Bonchev–Trinajstić information content (AvgIpc) is 1.84. The van der Waals surface area contributed by atoms with Crippen molar-refractivity contribution in [1.29, 1.82) is 0 Å². The molecular formula is C6H7BrN2O. The van der Waals surface area contributed by atoms with E-state index in [2.05, 4.69) is 20.9 Å². The predicted octanol–water partition coefficient (Wildman–Crippen LogP) is 1.03. The van der Waals surface area contributed by atoms with Crippen LogP contribution >= 0.6 is 15.9 Å². The summed E-state index contributed by atoms with van der Waals surface area (Å²) >= 11 is 3.06. The summed E-state index contributed by atoms with van der Waals surface area (Å²) in [4.78, 5) is 13.4. The summed E-state index contributed by atoms with van der Waals surface area (Å²) in [6.45, 7) is 1.75. The van der Waals surface area contributed by atoms with Crippen LogP contribution in [0.25, 0.3) is 0 Å². The topological polar surface area (TPSA) is 58.9 Å². The molecule has 0 amide bonds. The van der Waals surface area contributed by atoms with Gasteiger partial charge in [0, 0.05) is 5.69 Å². The van der Waals surface area contributed by atoms with E-state index in [1.807, 2.05) is 0 Å². The largest absolute Gasteiger partial charge is 0.397 e. The molecule has 1 aromatic rings. The van der Waals surface area contributed by atoms with Crippen molar-refractivity contribution in [2.75, 3.05) is 5.73 Å². The lowest BCUT2D eigenvalue weighted by Gasteiger charge is -1.97. The van der Waals surface area contributed by atoms with Gasteiger partial charge in [-0.25, -0.2) is 0 Å². The first-order valence-corrected chi connectivity index (χ1v) is 3.55. The number of nitrogens with one attached hydrogen (secondary N) is 1. The van der Waals surface area contributed by atoms with Crippen LogP contribution in [0, 0.1) is 6.92 Å². The van der Waals surface area contributed by atoms with Crippen LogP contribution in [-0.4, -0.2) is 4.98 Å². The number of pyridine rings is 1. The molecule has 3 N–H and O–H groups in total. The van der Waals surface area contributed by atoms with Crippen molar-refractivity contribution in [3.8, 4) is 0 Å². The van der Waals surface area contributed by atoms with Crippen molar-refractivity contribution in [2.24, 2.45) is 0 Å². The third-order valence-electron chi connectivity index (χ3n) is 1.23. The van der Waals surface area contributed by atoms with E-state index in [-0.39, 0.29) is 5.56 Å². The Morgan fingerprint density at radius 2 is 2.30 bits per heavy atom. The number of aryl methyl sites for hydroxylation is 1. The van der Waals surface area contributed by atoms with Crippen LogP contribution in [0.4, 0.5) is 5.69 Å². The second kappa shape index (κ2) is 2.46. The lowest BCUT2D eigenvalue weighted by atomic mass is 10.3. The standard InChI is InChI=1S/C6H7BrN2O/c1-3-5(8)2-4(7)6(10)9-3/h2H,8H2,1H3,(H,9,10). The zero-order valence-corrected chi connectivity index (χ0v) is 7.03. The minimum absolute atomic E-state index is 0.147. The first-order chi connectivity index (χ1) is 4.61. The molecule has 0 bridgehead atoms. The molecule has 0 aromatic carbocycles. The number of hydrogen-bond donors (Lipinski definition) is 2. The second-order valence-corrected chi connectivity index (χ2v) is 2.88. The quantitative estimate of drug-likeness (QED) is 0.661. The molecule has 1 heterocycles. The maximum atomic E-state index is 10.8. The van der Waals surface area contributed by atoms with Crippen LogP contribution in [0.2, 0.25) is 0 Å². The van der Waals surface area contributed by atoms with Crippen LogP contribution in [0.3, 0.4) is 0 Å². The minimum atomic E-state index is -0.147. The number of H-pyrrole nitrogens is 1. The monoisotopic (exact) mass is 202 g/mol. The third kappa shape index (κ3) is 1.21. The Kier molecular flexibility index (Phi) is 1.80. The molecule has 0 fully saturated rings. The van der Waals surface area contributed by atoms with Gasteiger partial charge in [-0.15, -0.1) is 0 Å². The summed E-state index contributed by atoms with van der Waals surface area (Å²) in [5, 5.41) is 0. The van der Waals surface area contributed by atoms with Gasteiger partial charge in [0.25, 0.3) is 5.56 Å². The number of rotatable bonds is 0. The Hall–Kier alpha value is -0.770. The van der Waals surface area contributed by atoms with Gasteiger partial charge < -0.3 is 10.7 Å². The van der Waals surface area contributed by atoms with E-state index in [1.54, 1.807) is 13.0 Å². The number of halogens is 1. The summed E-state index contributed by atoms with van der Waals surface area (Å²) in [5.41, 5.74) is 6.63. The van der Waals surface area contributed by atoms with Crippen molar-refractivity contribution >= 4 is 21.6 Å². The zero-order valence-electron chi connectivity index (χ0n) is 5.44. The smallest absolute Gasteiger partial charge is 0.262 e. The highest BCUT2D eigenvalue weighted by Crippen LogP contribution is 2.09. The van der Waals surface area contributed by atoms with Crippen molar-refractivity contribution in [1.82, 2.24) is 4.98 Å². The molecule has 10 heavy (non-hydrogen) atoms. The first-order valence-electron chi connectivity index (χ1n) is 2.76. The van der Waals surface area contributed by atoms with Crippen LogP contribution in [0.1, 0.15) is 5.69 Å². The number of hydrogen-bond acceptors (Lipinski definition) is 2. The van der Waals surface area contributed by atoms with E-state index >= 15 is 0 Å². The fourth-order valence-electron chi connectivity index (χ4n) is 0.612. The molecule has 0 unspecified atom stereocenters. The zero-order chi connectivity index (χ0) is 7.72. The molecule has 4 heteroatoms. The molecule has 0 spiro atoms. The van der Waals surface area contributed by atoms with Gasteiger partial charge in [-0.1, -0.05) is 0 Å². The molecule has 1 rings (SSSR count). The van der Waals surface area contributed by atoms with Gasteiger partial charge in [0.15, 0.2) is 0 Å². The fourth-order valence-corrected chi connectivity index (χ4v) is 0.958. The van der Waals surface area contributed by atoms with Crippen molar-refractivity contribution in [3.05, 3.63) is 26.6 Å². The van der Waals surface area contributed by atoms with Crippen molar-refractivity contribution in [3.63, 3.8) is 0 Å². The molecule has 0 radical (unpaired) electrons. The average molecular weight is 203 g/mol. The SMILES string of the molecule is Cc1[nH]c(=O)c(Br)cc1N. The van der Waals surface area contributed by atoms with Crippen molar-refractivity contribution < 1.29 is 0 Å². The maximum Gasteiger partial charge on any atom is 0.262 e.